The Labute approximate surface area is 103 Å². The third kappa shape index (κ3) is 7.99. The summed E-state index contributed by atoms with van der Waals surface area (Å²) < 4.78 is 0. The predicted octanol–water partition coefficient (Wildman–Crippen LogP) is 2.04. The minimum absolute atomic E-state index is 0.0336. The van der Waals surface area contributed by atoms with E-state index in [1.807, 2.05) is 13.8 Å². The van der Waals surface area contributed by atoms with Crippen LogP contribution in [-0.4, -0.2) is 34.7 Å². The number of nitrogens with one attached hydrogen (secondary N) is 1. The summed E-state index contributed by atoms with van der Waals surface area (Å²) in [6, 6.07) is 0. The molecule has 0 radical (unpaired) electrons. The van der Waals surface area contributed by atoms with E-state index in [0.717, 1.165) is 19.4 Å². The van der Waals surface area contributed by atoms with E-state index in [-0.39, 0.29) is 17.8 Å². The Morgan fingerprint density at radius 2 is 1.88 bits per heavy atom. The molecule has 0 aliphatic carbocycles. The zero-order valence-corrected chi connectivity index (χ0v) is 11.6. The highest BCUT2D eigenvalue weighted by Crippen LogP contribution is 2.19. The highest BCUT2D eigenvalue weighted by molar-refractivity contribution is 8.01. The van der Waals surface area contributed by atoms with Crippen LogP contribution in [0.2, 0.25) is 0 Å². The van der Waals surface area contributed by atoms with Crippen molar-refractivity contribution in [3.05, 3.63) is 0 Å². The van der Waals surface area contributed by atoms with Gasteiger partial charge in [-0.05, 0) is 25.7 Å². The van der Waals surface area contributed by atoms with E-state index in [1.54, 1.807) is 11.8 Å². The third-order valence-corrected chi connectivity index (χ3v) is 3.68. The van der Waals surface area contributed by atoms with E-state index >= 15 is 0 Å². The van der Waals surface area contributed by atoms with Gasteiger partial charge in [0.2, 0.25) is 5.91 Å². The number of carbonyl (C=O) groups excluding carboxylic acids is 1. The van der Waals surface area contributed by atoms with Gasteiger partial charge in [-0.2, -0.15) is 0 Å². The largest absolute Gasteiger partial charge is 0.396 e. The fourth-order valence-electron chi connectivity index (χ4n) is 1.29. The lowest BCUT2D eigenvalue weighted by atomic mass is 10.1. The van der Waals surface area contributed by atoms with Gasteiger partial charge in [0.1, 0.15) is 0 Å². The Morgan fingerprint density at radius 1 is 1.25 bits per heavy atom. The van der Waals surface area contributed by atoms with Crippen LogP contribution in [-0.2, 0) is 4.79 Å². The molecule has 0 aromatic heterocycles. The summed E-state index contributed by atoms with van der Waals surface area (Å²) in [5.74, 6) is 0.729. The summed E-state index contributed by atoms with van der Waals surface area (Å²) in [7, 11) is 0. The van der Waals surface area contributed by atoms with Crippen LogP contribution in [0.25, 0.3) is 0 Å². The quantitative estimate of drug-likeness (QED) is 0.690. The molecule has 0 aliphatic heterocycles. The Bertz CT molecular complexity index is 197. The number of hydrogen-bond donors (Lipinski definition) is 2. The molecule has 96 valence electrons. The maximum absolute atomic E-state index is 11.7. The van der Waals surface area contributed by atoms with Gasteiger partial charge in [0.15, 0.2) is 0 Å². The maximum atomic E-state index is 11.7. The summed E-state index contributed by atoms with van der Waals surface area (Å²) >= 11 is 1.62. The fraction of sp³-hybridized carbons (Fsp3) is 0.917. The molecule has 0 aliphatic rings. The minimum atomic E-state index is -0.0336. The second-order valence-electron chi connectivity index (χ2n) is 4.57. The minimum Gasteiger partial charge on any atom is -0.396 e. The van der Waals surface area contributed by atoms with Gasteiger partial charge in [-0.3, -0.25) is 4.79 Å². The summed E-state index contributed by atoms with van der Waals surface area (Å²) in [5.41, 5.74) is 0. The fourth-order valence-corrected chi connectivity index (χ4v) is 2.43. The smallest absolute Gasteiger partial charge is 0.232 e. The van der Waals surface area contributed by atoms with E-state index in [0.29, 0.717) is 11.2 Å². The molecule has 0 rings (SSSR count). The first-order chi connectivity index (χ1) is 7.47. The second-order valence-corrected chi connectivity index (χ2v) is 6.36. The van der Waals surface area contributed by atoms with Crippen LogP contribution in [0.3, 0.4) is 0 Å². The summed E-state index contributed by atoms with van der Waals surface area (Å²) in [5, 5.41) is 12.0. The van der Waals surface area contributed by atoms with Crippen molar-refractivity contribution >= 4 is 17.7 Å². The van der Waals surface area contributed by atoms with Gasteiger partial charge in [0.25, 0.3) is 0 Å². The molecule has 1 amide bonds. The van der Waals surface area contributed by atoms with Gasteiger partial charge in [-0.25, -0.2) is 0 Å². The first-order valence-corrected chi connectivity index (χ1v) is 6.95. The molecule has 2 atom stereocenters. The molecule has 0 spiro atoms. The lowest BCUT2D eigenvalue weighted by Crippen LogP contribution is -2.33. The molecule has 0 saturated carbocycles. The van der Waals surface area contributed by atoms with E-state index in [4.69, 9.17) is 5.11 Å². The molecule has 3 nitrogen and oxygen atoms in total. The van der Waals surface area contributed by atoms with Crippen LogP contribution in [0.1, 0.15) is 40.5 Å². The van der Waals surface area contributed by atoms with Gasteiger partial charge in [0, 0.05) is 18.4 Å². The molecule has 16 heavy (non-hydrogen) atoms. The third-order valence-electron chi connectivity index (χ3n) is 2.36. The average Bonchev–Trinajstić information content (AvgIpc) is 2.17. The van der Waals surface area contributed by atoms with Crippen molar-refractivity contribution in [2.24, 2.45) is 5.92 Å². The van der Waals surface area contributed by atoms with Gasteiger partial charge >= 0.3 is 0 Å². The molecule has 0 fully saturated rings. The molecule has 2 unspecified atom stereocenters. The number of hydrogen-bond acceptors (Lipinski definition) is 3. The molecule has 4 heteroatoms. The standard InChI is InChI=1S/C12H25NO2S/c1-9(2)5-7-13-12(15)11(4)16-10(3)6-8-14/h9-11,14H,5-8H2,1-4H3,(H,13,15). The predicted molar refractivity (Wildman–Crippen MR) is 70.7 cm³/mol. The Kier molecular flexibility index (Phi) is 8.76. The van der Waals surface area contributed by atoms with Crippen LogP contribution in [0.5, 0.6) is 0 Å². The second kappa shape index (κ2) is 8.88. The molecule has 0 bridgehead atoms. The zero-order valence-electron chi connectivity index (χ0n) is 10.8. The highest BCUT2D eigenvalue weighted by Gasteiger charge is 2.16. The van der Waals surface area contributed by atoms with Crippen molar-refractivity contribution < 1.29 is 9.90 Å². The topological polar surface area (TPSA) is 49.3 Å². The molecule has 0 aromatic carbocycles. The molecular weight excluding hydrogens is 222 g/mol. The van der Waals surface area contributed by atoms with Crippen LogP contribution < -0.4 is 5.32 Å². The number of rotatable bonds is 8. The summed E-state index contributed by atoms with van der Waals surface area (Å²) in [6.45, 7) is 9.20. The van der Waals surface area contributed by atoms with Crippen molar-refractivity contribution in [1.82, 2.24) is 5.32 Å². The van der Waals surface area contributed by atoms with Crippen molar-refractivity contribution in [1.29, 1.82) is 0 Å². The van der Waals surface area contributed by atoms with E-state index in [1.165, 1.54) is 0 Å². The van der Waals surface area contributed by atoms with E-state index in [9.17, 15) is 4.79 Å². The average molecular weight is 247 g/mol. The van der Waals surface area contributed by atoms with Crippen LogP contribution in [0.15, 0.2) is 0 Å². The van der Waals surface area contributed by atoms with Crippen molar-refractivity contribution in [3.8, 4) is 0 Å². The van der Waals surface area contributed by atoms with Gasteiger partial charge < -0.3 is 10.4 Å². The summed E-state index contributed by atoms with van der Waals surface area (Å²) in [4.78, 5) is 11.7. The molecule has 2 N–H and O–H groups in total. The Balaban J connectivity index is 3.72. The Hall–Kier alpha value is -0.220. The zero-order chi connectivity index (χ0) is 12.6. The van der Waals surface area contributed by atoms with Gasteiger partial charge in [0.05, 0.1) is 5.25 Å². The number of thioether (sulfide) groups is 1. The van der Waals surface area contributed by atoms with E-state index in [2.05, 4.69) is 19.2 Å². The van der Waals surface area contributed by atoms with E-state index < -0.39 is 0 Å². The van der Waals surface area contributed by atoms with Crippen molar-refractivity contribution in [3.63, 3.8) is 0 Å². The normalized spacial score (nSPS) is 14.9. The van der Waals surface area contributed by atoms with Crippen molar-refractivity contribution in [2.45, 2.75) is 51.0 Å². The molecule has 0 heterocycles. The SMILES string of the molecule is CC(C)CCNC(=O)C(C)SC(C)CCO. The lowest BCUT2D eigenvalue weighted by Gasteiger charge is -2.16. The monoisotopic (exact) mass is 247 g/mol. The molecule has 0 saturated heterocycles. The molecule has 0 aromatic rings. The first kappa shape index (κ1) is 15.8. The number of carbonyl (C=O) groups is 1. The first-order valence-electron chi connectivity index (χ1n) is 6.01. The highest BCUT2D eigenvalue weighted by atomic mass is 32.2. The van der Waals surface area contributed by atoms with Gasteiger partial charge in [-0.15, -0.1) is 11.8 Å². The van der Waals surface area contributed by atoms with Gasteiger partial charge in [-0.1, -0.05) is 20.8 Å². The summed E-state index contributed by atoms with van der Waals surface area (Å²) in [6.07, 6.45) is 1.77. The number of aliphatic hydroxyl groups is 1. The van der Waals surface area contributed by atoms with Crippen LogP contribution >= 0.6 is 11.8 Å². The maximum Gasteiger partial charge on any atom is 0.232 e. The lowest BCUT2D eigenvalue weighted by molar-refractivity contribution is -0.120. The Morgan fingerprint density at radius 3 is 2.38 bits per heavy atom. The number of aliphatic hydroxyl groups excluding tert-OH is 1. The van der Waals surface area contributed by atoms with Crippen LogP contribution in [0.4, 0.5) is 0 Å². The van der Waals surface area contributed by atoms with Crippen LogP contribution in [0, 0.1) is 5.92 Å². The van der Waals surface area contributed by atoms with Crippen molar-refractivity contribution in [2.75, 3.05) is 13.2 Å². The number of amides is 1. The molecular formula is C12H25NO2S.